The summed E-state index contributed by atoms with van der Waals surface area (Å²) in [5.41, 5.74) is 3.09. The number of hydrogen-bond acceptors (Lipinski definition) is 12. The summed E-state index contributed by atoms with van der Waals surface area (Å²) < 4.78 is 58.3. The standard InChI is InChI=1S/C22H26BNO5.C16H14BrNO3.C12H24B2O4.CH4/c1-21(2)22(3,4)29-23(28-21)17-7-10-18(11-8-17)27-20(25)24-13-15-6-9-19(26-5)12-16(15)14-24;1-20-15-5-2-11-9-18(10-12(11)8-15)16(19)21-14-6-3-13(17)4-7-14;1-9(2)10(3,4)16-13(15-9)14-17-11(5,6)12(7,8)18-14;/h6-12H,13-14H2,1-5H3;2-8H,9-10H2,1H3;1-8H3;1H4. The molecule has 18 heteroatoms. The zero-order valence-corrected chi connectivity index (χ0v) is 43.4. The molecule has 3 fully saturated rings. The van der Waals surface area contributed by atoms with Crippen molar-refractivity contribution in [2.45, 2.75) is 150 Å². The molecule has 0 aromatic heterocycles. The van der Waals surface area contributed by atoms with Crippen LogP contribution in [0.1, 0.15) is 113 Å². The van der Waals surface area contributed by atoms with Crippen LogP contribution >= 0.6 is 15.9 Å². The first-order valence-electron chi connectivity index (χ1n) is 22.9. The number of halogens is 1. The van der Waals surface area contributed by atoms with Gasteiger partial charge in [0.05, 0.1) is 47.8 Å². The Kier molecular flexibility index (Phi) is 15.8. The van der Waals surface area contributed by atoms with Crippen LogP contribution in [0.25, 0.3) is 0 Å². The van der Waals surface area contributed by atoms with E-state index in [-0.39, 0.29) is 42.0 Å². The molecule has 69 heavy (non-hydrogen) atoms. The van der Waals surface area contributed by atoms with Crippen LogP contribution in [0.4, 0.5) is 9.59 Å². The lowest BCUT2D eigenvalue weighted by Crippen LogP contribution is -2.41. The predicted octanol–water partition coefficient (Wildman–Crippen LogP) is 10.4. The normalized spacial score (nSPS) is 20.4. The summed E-state index contributed by atoms with van der Waals surface area (Å²) in [6.07, 6.45) is -0.712. The molecule has 0 radical (unpaired) electrons. The molecule has 5 aliphatic heterocycles. The van der Waals surface area contributed by atoms with Gasteiger partial charge in [-0.1, -0.05) is 47.6 Å². The summed E-state index contributed by atoms with van der Waals surface area (Å²) >= 11 is 3.35. The molecule has 3 saturated heterocycles. The third-order valence-corrected chi connectivity index (χ3v) is 14.7. The van der Waals surface area contributed by atoms with E-state index in [1.807, 2.05) is 144 Å². The topological polar surface area (TPSA) is 133 Å². The molecule has 4 aromatic rings. The Morgan fingerprint density at radius 3 is 1.12 bits per heavy atom. The molecular formula is C51H68B3BrN2O12. The lowest BCUT2D eigenvalue weighted by atomic mass is 9.49. The Balaban J connectivity index is 0.000000175. The van der Waals surface area contributed by atoms with Gasteiger partial charge >= 0.3 is 33.3 Å². The Morgan fingerprint density at radius 1 is 0.464 bits per heavy atom. The fourth-order valence-electron chi connectivity index (χ4n) is 7.76. The first kappa shape index (κ1) is 53.8. The lowest BCUT2D eigenvalue weighted by molar-refractivity contribution is 0.00578. The molecule has 2 amide bonds. The molecule has 5 aliphatic rings. The van der Waals surface area contributed by atoms with E-state index in [4.69, 9.17) is 46.9 Å². The van der Waals surface area contributed by atoms with Crippen molar-refractivity contribution in [2.24, 2.45) is 0 Å². The van der Waals surface area contributed by atoms with Crippen LogP contribution in [0.3, 0.4) is 0 Å². The number of rotatable bonds is 6. The Bertz CT molecular complexity index is 2390. The van der Waals surface area contributed by atoms with Crippen molar-refractivity contribution in [3.05, 3.63) is 112 Å². The van der Waals surface area contributed by atoms with Crippen molar-refractivity contribution < 1.29 is 56.5 Å². The smallest absolute Gasteiger partial charge is 0.494 e. The summed E-state index contributed by atoms with van der Waals surface area (Å²) in [7, 11) is 1.88. The van der Waals surface area contributed by atoms with E-state index in [2.05, 4.69) is 15.9 Å². The number of nitrogens with zero attached hydrogens (tertiary/aromatic N) is 2. The van der Waals surface area contributed by atoms with Crippen LogP contribution in [0, 0.1) is 0 Å². The second kappa shape index (κ2) is 20.3. The number of ether oxygens (including phenoxy) is 4. The quantitative estimate of drug-likeness (QED) is 0.170. The van der Waals surface area contributed by atoms with Crippen molar-refractivity contribution in [3.8, 4) is 23.0 Å². The van der Waals surface area contributed by atoms with E-state index in [0.717, 1.165) is 43.7 Å². The number of hydrogen-bond donors (Lipinski definition) is 0. The van der Waals surface area contributed by atoms with Crippen molar-refractivity contribution in [1.82, 2.24) is 9.80 Å². The summed E-state index contributed by atoms with van der Waals surface area (Å²) in [4.78, 5) is 28.1. The minimum Gasteiger partial charge on any atom is -0.497 e. The van der Waals surface area contributed by atoms with E-state index in [1.165, 1.54) is 0 Å². The maximum absolute atomic E-state index is 12.6. The maximum Gasteiger partial charge on any atom is 0.494 e. The Labute approximate surface area is 418 Å². The van der Waals surface area contributed by atoms with Gasteiger partial charge in [0.2, 0.25) is 0 Å². The minimum absolute atomic E-state index is 0. The molecule has 14 nitrogen and oxygen atoms in total. The third kappa shape index (κ3) is 11.8. The molecule has 0 N–H and O–H groups in total. The molecule has 0 saturated carbocycles. The van der Waals surface area contributed by atoms with E-state index < -0.39 is 32.3 Å². The molecule has 370 valence electrons. The third-order valence-electron chi connectivity index (χ3n) is 14.2. The molecule has 4 aromatic carbocycles. The number of benzene rings is 4. The number of amides is 2. The van der Waals surface area contributed by atoms with Gasteiger partial charge in [0.25, 0.3) is 0 Å². The number of fused-ring (bicyclic) bond motifs is 2. The van der Waals surface area contributed by atoms with Gasteiger partial charge < -0.3 is 46.9 Å². The summed E-state index contributed by atoms with van der Waals surface area (Å²) in [6, 6.07) is 26.2. The van der Waals surface area contributed by atoms with E-state index in [9.17, 15) is 9.59 Å². The van der Waals surface area contributed by atoms with E-state index >= 15 is 0 Å². The number of methoxy groups -OCH3 is 2. The van der Waals surface area contributed by atoms with Crippen molar-refractivity contribution in [2.75, 3.05) is 14.2 Å². The van der Waals surface area contributed by atoms with Crippen molar-refractivity contribution >= 4 is 54.7 Å². The summed E-state index contributed by atoms with van der Waals surface area (Å²) in [5.74, 6) is 2.62. The van der Waals surface area contributed by atoms with Crippen LogP contribution in [0.15, 0.2) is 89.4 Å². The average molecular weight is 1010 g/mol. The lowest BCUT2D eigenvalue weighted by Gasteiger charge is -2.32. The van der Waals surface area contributed by atoms with Crippen LogP contribution < -0.4 is 24.4 Å². The zero-order chi connectivity index (χ0) is 49.6. The summed E-state index contributed by atoms with van der Waals surface area (Å²) in [5, 5.41) is 0. The average Bonchev–Trinajstić information content (AvgIpc) is 4.04. The minimum atomic E-state index is -0.476. The highest BCUT2D eigenvalue weighted by molar-refractivity contribution is 9.10. The second-order valence-electron chi connectivity index (χ2n) is 20.6. The molecule has 5 heterocycles. The van der Waals surface area contributed by atoms with Gasteiger partial charge in [0.15, 0.2) is 0 Å². The van der Waals surface area contributed by atoms with Gasteiger partial charge in [-0.25, -0.2) is 9.59 Å². The van der Waals surface area contributed by atoms with Gasteiger partial charge in [-0.3, -0.25) is 9.80 Å². The second-order valence-corrected chi connectivity index (χ2v) is 21.5. The molecule has 0 bridgehead atoms. The molecular weight excluding hydrogens is 945 g/mol. The van der Waals surface area contributed by atoms with Crippen LogP contribution in [0.2, 0.25) is 0 Å². The maximum atomic E-state index is 12.6. The van der Waals surface area contributed by atoms with Gasteiger partial charge in [-0.2, -0.15) is 0 Å². The molecule has 0 aliphatic carbocycles. The molecule has 9 rings (SSSR count). The van der Waals surface area contributed by atoms with Crippen LogP contribution in [-0.4, -0.2) is 90.9 Å². The number of carbonyl (C=O) groups excluding carboxylic acids is 2. The van der Waals surface area contributed by atoms with Crippen LogP contribution in [0.5, 0.6) is 23.0 Å². The predicted molar refractivity (Wildman–Crippen MR) is 272 cm³/mol. The van der Waals surface area contributed by atoms with Crippen molar-refractivity contribution in [3.63, 3.8) is 0 Å². The van der Waals surface area contributed by atoms with Crippen molar-refractivity contribution in [1.29, 1.82) is 0 Å². The zero-order valence-electron chi connectivity index (χ0n) is 41.8. The fraction of sp³-hybridized carbons (Fsp3) is 0.490. The number of carbonyl (C=O) groups is 2. The highest BCUT2D eigenvalue weighted by atomic mass is 79.9. The Morgan fingerprint density at radius 2 is 0.768 bits per heavy atom. The first-order valence-corrected chi connectivity index (χ1v) is 23.7. The Hall–Kier alpha value is -4.55. The van der Waals surface area contributed by atoms with Gasteiger partial charge in [-0.15, -0.1) is 0 Å². The van der Waals surface area contributed by atoms with Gasteiger partial charge in [-0.05, 0) is 171 Å². The summed E-state index contributed by atoms with van der Waals surface area (Å²) in [6.45, 7) is 26.4. The highest BCUT2D eigenvalue weighted by Gasteiger charge is 2.63. The SMILES string of the molecule is C.CC1(C)OB(B2OC(C)(C)C(C)(C)O2)OC1(C)C.COc1ccc2c(c1)CN(C(=O)Oc1ccc(B3OC(C)(C)C(C)(C)O3)cc1)C2.COc1ccc2c(c1)CN(C(=O)Oc1ccc(Br)cc1)C2. The van der Waals surface area contributed by atoms with Gasteiger partial charge in [0.1, 0.15) is 23.0 Å². The largest absolute Gasteiger partial charge is 0.497 e. The van der Waals surface area contributed by atoms with E-state index in [0.29, 0.717) is 37.7 Å². The molecule has 0 unspecified atom stereocenters. The monoisotopic (exact) mass is 1010 g/mol. The fourth-order valence-corrected chi connectivity index (χ4v) is 8.02. The molecule has 0 spiro atoms. The van der Waals surface area contributed by atoms with Gasteiger partial charge in [0, 0.05) is 30.7 Å². The van der Waals surface area contributed by atoms with E-state index in [1.54, 1.807) is 48.3 Å². The molecule has 0 atom stereocenters. The highest BCUT2D eigenvalue weighted by Crippen LogP contribution is 2.43. The van der Waals surface area contributed by atoms with Crippen LogP contribution in [-0.2, 0) is 54.1 Å². The first-order chi connectivity index (χ1) is 31.7.